The fraction of sp³-hybridized carbons (Fsp3) is 0.444. The lowest BCUT2D eigenvalue weighted by atomic mass is 9.72. The predicted molar refractivity (Wildman–Crippen MR) is 129 cm³/mol. The topological polar surface area (TPSA) is 44.0 Å². The highest BCUT2D eigenvalue weighted by molar-refractivity contribution is 5.41. The lowest BCUT2D eigenvalue weighted by molar-refractivity contribution is 0.0671. The molecular weight excluding hydrogens is 380 g/mol. The third-order valence-electron chi connectivity index (χ3n) is 6.68. The van der Waals surface area contributed by atoms with E-state index in [0.717, 1.165) is 37.7 Å². The Kier molecular flexibility index (Phi) is 6.05. The van der Waals surface area contributed by atoms with Crippen molar-refractivity contribution in [3.63, 3.8) is 0 Å². The predicted octanol–water partition coefficient (Wildman–Crippen LogP) is 4.97. The zero-order valence-electron chi connectivity index (χ0n) is 19.6. The number of piperazine rings is 1. The molecule has 4 heteroatoms. The Bertz CT molecular complexity index is 942. The number of nitrogens with zero attached hydrogens (tertiary/aromatic N) is 2. The Labute approximate surface area is 187 Å². The molecule has 3 aromatic rings. The van der Waals surface area contributed by atoms with Crippen molar-refractivity contribution in [1.29, 1.82) is 0 Å². The molecule has 2 aromatic carbocycles. The summed E-state index contributed by atoms with van der Waals surface area (Å²) in [6.07, 6.45) is 0. The van der Waals surface area contributed by atoms with Crippen molar-refractivity contribution in [3.05, 3.63) is 89.0 Å². The van der Waals surface area contributed by atoms with Gasteiger partial charge in [-0.05, 0) is 25.0 Å². The van der Waals surface area contributed by atoms with Gasteiger partial charge in [-0.25, -0.2) is 4.98 Å². The second-order valence-corrected chi connectivity index (χ2v) is 9.95. The van der Waals surface area contributed by atoms with Gasteiger partial charge >= 0.3 is 0 Å². The Hall–Kier alpha value is -2.43. The van der Waals surface area contributed by atoms with E-state index in [4.69, 9.17) is 4.98 Å². The maximum atomic E-state index is 5.28. The monoisotopic (exact) mass is 416 g/mol. The number of benzene rings is 2. The van der Waals surface area contributed by atoms with Gasteiger partial charge in [0, 0.05) is 43.2 Å². The molecule has 1 unspecified atom stereocenters. The normalized spacial score (nSPS) is 17.6. The van der Waals surface area contributed by atoms with Crippen LogP contribution in [0.1, 0.15) is 62.0 Å². The van der Waals surface area contributed by atoms with Crippen molar-refractivity contribution in [1.82, 2.24) is 20.2 Å². The molecule has 4 rings (SSSR count). The number of aromatic amines is 1. The summed E-state index contributed by atoms with van der Waals surface area (Å²) in [7, 11) is 0. The van der Waals surface area contributed by atoms with Gasteiger partial charge in [-0.2, -0.15) is 0 Å². The van der Waals surface area contributed by atoms with E-state index >= 15 is 0 Å². The average Bonchev–Trinajstić information content (AvgIpc) is 3.19. The molecule has 0 amide bonds. The molecule has 0 radical (unpaired) electrons. The number of imidazole rings is 1. The first-order valence-electron chi connectivity index (χ1n) is 11.4. The molecule has 164 valence electrons. The van der Waals surface area contributed by atoms with Gasteiger partial charge in [-0.15, -0.1) is 0 Å². The molecule has 2 heterocycles. The molecular formula is C27H36N4. The van der Waals surface area contributed by atoms with E-state index < -0.39 is 0 Å². The molecule has 1 aliphatic heterocycles. The van der Waals surface area contributed by atoms with Crippen LogP contribution in [0.2, 0.25) is 0 Å². The first-order chi connectivity index (χ1) is 14.8. The van der Waals surface area contributed by atoms with Crippen molar-refractivity contribution in [2.75, 3.05) is 26.2 Å². The van der Waals surface area contributed by atoms with Crippen molar-refractivity contribution >= 4 is 0 Å². The van der Waals surface area contributed by atoms with E-state index in [1.54, 1.807) is 0 Å². The number of hydrogen-bond acceptors (Lipinski definition) is 3. The van der Waals surface area contributed by atoms with Gasteiger partial charge in [0.2, 0.25) is 0 Å². The average molecular weight is 417 g/mol. The van der Waals surface area contributed by atoms with Crippen LogP contribution in [-0.2, 0) is 11.0 Å². The van der Waals surface area contributed by atoms with Crippen LogP contribution in [0.25, 0.3) is 0 Å². The molecule has 31 heavy (non-hydrogen) atoms. The van der Waals surface area contributed by atoms with Crippen LogP contribution in [0.5, 0.6) is 0 Å². The van der Waals surface area contributed by atoms with E-state index in [-0.39, 0.29) is 16.9 Å². The van der Waals surface area contributed by atoms with Gasteiger partial charge in [-0.3, -0.25) is 4.90 Å². The van der Waals surface area contributed by atoms with Gasteiger partial charge in [-0.1, -0.05) is 81.4 Å². The maximum absolute atomic E-state index is 5.28. The highest BCUT2D eigenvalue weighted by Crippen LogP contribution is 2.46. The molecule has 1 fully saturated rings. The molecule has 1 atom stereocenters. The minimum Gasteiger partial charge on any atom is -0.345 e. The molecule has 0 bridgehead atoms. The maximum Gasteiger partial charge on any atom is 0.112 e. The summed E-state index contributed by atoms with van der Waals surface area (Å²) in [4.78, 5) is 11.6. The van der Waals surface area contributed by atoms with Gasteiger partial charge in [0.15, 0.2) is 0 Å². The fourth-order valence-electron chi connectivity index (χ4n) is 5.04. The fourth-order valence-corrected chi connectivity index (χ4v) is 5.04. The SMILES string of the molecule is Cc1[nH]c(C(C)(C)C)nc1C(C)(C(c1ccccc1)c1ccccc1)N1CCNCC1. The highest BCUT2D eigenvalue weighted by Gasteiger charge is 2.46. The first-order valence-corrected chi connectivity index (χ1v) is 11.4. The number of nitrogens with one attached hydrogen (secondary N) is 2. The quantitative estimate of drug-likeness (QED) is 0.617. The summed E-state index contributed by atoms with van der Waals surface area (Å²) in [5.74, 6) is 1.23. The lowest BCUT2D eigenvalue weighted by Crippen LogP contribution is -2.56. The van der Waals surface area contributed by atoms with Crippen LogP contribution < -0.4 is 5.32 Å². The third kappa shape index (κ3) is 4.19. The summed E-state index contributed by atoms with van der Waals surface area (Å²) in [6, 6.07) is 21.9. The lowest BCUT2D eigenvalue weighted by Gasteiger charge is -2.48. The van der Waals surface area contributed by atoms with Gasteiger partial charge < -0.3 is 10.3 Å². The summed E-state index contributed by atoms with van der Waals surface area (Å²) in [6.45, 7) is 15.3. The van der Waals surface area contributed by atoms with E-state index in [1.165, 1.54) is 16.8 Å². The van der Waals surface area contributed by atoms with E-state index in [0.29, 0.717) is 0 Å². The molecule has 0 saturated carbocycles. The molecule has 1 aromatic heterocycles. The zero-order chi connectivity index (χ0) is 22.1. The Morgan fingerprint density at radius 3 is 1.81 bits per heavy atom. The van der Waals surface area contributed by atoms with Crippen molar-refractivity contribution in [2.45, 2.75) is 51.5 Å². The van der Waals surface area contributed by atoms with Crippen LogP contribution in [0.4, 0.5) is 0 Å². The number of aromatic nitrogens is 2. The number of hydrogen-bond donors (Lipinski definition) is 2. The second kappa shape index (κ2) is 8.60. The Morgan fingerprint density at radius 1 is 0.839 bits per heavy atom. The summed E-state index contributed by atoms with van der Waals surface area (Å²) in [5.41, 5.74) is 4.68. The van der Waals surface area contributed by atoms with Crippen LogP contribution >= 0.6 is 0 Å². The van der Waals surface area contributed by atoms with Crippen molar-refractivity contribution in [3.8, 4) is 0 Å². The zero-order valence-corrected chi connectivity index (χ0v) is 19.6. The van der Waals surface area contributed by atoms with E-state index in [9.17, 15) is 0 Å². The number of H-pyrrole nitrogens is 1. The minimum atomic E-state index is -0.283. The number of rotatable bonds is 5. The van der Waals surface area contributed by atoms with Crippen molar-refractivity contribution in [2.24, 2.45) is 0 Å². The van der Waals surface area contributed by atoms with Crippen LogP contribution in [0, 0.1) is 6.92 Å². The third-order valence-corrected chi connectivity index (χ3v) is 6.68. The highest BCUT2D eigenvalue weighted by atomic mass is 15.3. The molecule has 0 spiro atoms. The molecule has 0 aliphatic carbocycles. The van der Waals surface area contributed by atoms with Gasteiger partial charge in [0.1, 0.15) is 5.82 Å². The smallest absolute Gasteiger partial charge is 0.112 e. The van der Waals surface area contributed by atoms with E-state index in [1.807, 2.05) is 0 Å². The Morgan fingerprint density at radius 2 is 1.35 bits per heavy atom. The molecule has 2 N–H and O–H groups in total. The van der Waals surface area contributed by atoms with Gasteiger partial charge in [0.25, 0.3) is 0 Å². The second-order valence-electron chi connectivity index (χ2n) is 9.95. The van der Waals surface area contributed by atoms with E-state index in [2.05, 4.69) is 110 Å². The first kappa shape index (κ1) is 21.8. The van der Waals surface area contributed by atoms with Crippen LogP contribution in [0.3, 0.4) is 0 Å². The Balaban J connectivity index is 1.96. The number of aryl methyl sites for hydroxylation is 1. The summed E-state index contributed by atoms with van der Waals surface area (Å²) >= 11 is 0. The van der Waals surface area contributed by atoms with Crippen molar-refractivity contribution < 1.29 is 0 Å². The summed E-state index contributed by atoms with van der Waals surface area (Å²) in [5, 5.41) is 3.53. The van der Waals surface area contributed by atoms with Gasteiger partial charge in [0.05, 0.1) is 11.2 Å². The van der Waals surface area contributed by atoms with Crippen LogP contribution in [0.15, 0.2) is 60.7 Å². The van der Waals surface area contributed by atoms with Crippen LogP contribution in [-0.4, -0.2) is 41.0 Å². The molecule has 4 nitrogen and oxygen atoms in total. The largest absolute Gasteiger partial charge is 0.345 e. The molecule has 1 saturated heterocycles. The minimum absolute atomic E-state index is 0.0254. The standard InChI is InChI=1S/C27H36N4/c1-20-24(30-25(29-20)26(2,3)4)27(5,31-18-16-28-17-19-31)23(21-12-8-6-9-13-21)22-14-10-7-11-15-22/h6-15,23,28H,16-19H2,1-5H3,(H,29,30). The molecule has 1 aliphatic rings. The summed E-state index contributed by atoms with van der Waals surface area (Å²) < 4.78 is 0.